The number of nitrogens with zero attached hydrogens (tertiary/aromatic N) is 2. The maximum Gasteiger partial charge on any atom is 0.327 e. The van der Waals surface area contributed by atoms with E-state index in [0.29, 0.717) is 24.5 Å². The van der Waals surface area contributed by atoms with Crippen LogP contribution >= 0.6 is 11.8 Å². The molecular weight excluding hydrogens is 699 g/mol. The molecule has 0 spiro atoms. The summed E-state index contributed by atoms with van der Waals surface area (Å²) in [5, 5.41) is 9.79. The van der Waals surface area contributed by atoms with Crippen LogP contribution in [-0.2, 0) is 24.4 Å². The van der Waals surface area contributed by atoms with Crippen LogP contribution in [0.5, 0.6) is 0 Å². The van der Waals surface area contributed by atoms with Crippen LogP contribution in [0.4, 0.5) is 17.1 Å². The van der Waals surface area contributed by atoms with Crippen molar-refractivity contribution >= 4 is 56.6 Å². The molecule has 5 N–H and O–H groups in total. The third-order valence-corrected chi connectivity index (χ3v) is 11.2. The molecule has 274 valence electrons. The highest BCUT2D eigenvalue weighted by atomic mass is 32.2. The van der Waals surface area contributed by atoms with Gasteiger partial charge in [0.25, 0.3) is 10.0 Å². The zero-order valence-corrected chi connectivity index (χ0v) is 31.3. The smallest absolute Gasteiger partial charge is 0.327 e. The van der Waals surface area contributed by atoms with Gasteiger partial charge in [0.2, 0.25) is 5.91 Å². The van der Waals surface area contributed by atoms with Gasteiger partial charge in [-0.05, 0) is 67.4 Å². The lowest BCUT2D eigenvalue weighted by atomic mass is 10.0. The number of amides is 3. The molecule has 5 rings (SSSR count). The molecule has 0 saturated carbocycles. The Labute approximate surface area is 309 Å². The van der Waals surface area contributed by atoms with Crippen molar-refractivity contribution < 1.29 is 22.8 Å². The molecule has 4 aromatic rings. The summed E-state index contributed by atoms with van der Waals surface area (Å²) in [6.45, 7) is 11.0. The van der Waals surface area contributed by atoms with E-state index in [1.165, 1.54) is 36.0 Å². The van der Waals surface area contributed by atoms with Crippen LogP contribution < -0.4 is 26.2 Å². The minimum Gasteiger partial charge on any atom is -0.342 e. The molecule has 0 aromatic heterocycles. The van der Waals surface area contributed by atoms with Crippen molar-refractivity contribution in [3.05, 3.63) is 119 Å². The fourth-order valence-electron chi connectivity index (χ4n) is 5.78. The van der Waals surface area contributed by atoms with Gasteiger partial charge in [-0.3, -0.25) is 30.0 Å². The van der Waals surface area contributed by atoms with Crippen LogP contribution in [0, 0.1) is 13.8 Å². The van der Waals surface area contributed by atoms with Gasteiger partial charge in [-0.2, -0.15) is 0 Å². The first-order valence-electron chi connectivity index (χ1n) is 17.1. The first-order chi connectivity index (χ1) is 24.9. The molecule has 1 heterocycles. The van der Waals surface area contributed by atoms with E-state index in [4.69, 9.17) is 0 Å². The monoisotopic (exact) mass is 743 g/mol. The Balaban J connectivity index is 1.13. The summed E-state index contributed by atoms with van der Waals surface area (Å²) in [5.41, 5.74) is 10.6. The summed E-state index contributed by atoms with van der Waals surface area (Å²) in [4.78, 5) is 37.9. The first-order valence-corrected chi connectivity index (χ1v) is 19.6. The summed E-state index contributed by atoms with van der Waals surface area (Å²) >= 11 is 1.50. The molecule has 1 aliphatic heterocycles. The molecule has 1 aliphatic rings. The highest BCUT2D eigenvalue weighted by Gasteiger charge is 2.30. The molecule has 0 bridgehead atoms. The molecule has 3 amide bonds. The standard InChI is InChI=1S/C38H45N7O5S2/c1-5-44-23-33(24-45(44)6-2)40-37(47)38(48)42-41-30-18-20-31(21-19-30)43-52(49,50)34-9-7-8-32(22-34)39-35(46)25-51-36(28-14-10-26(3)11-15-28)29-16-12-27(4)13-17-29/h7-22,33,36,41,43H,5-6,23-25H2,1-4H3,(H,39,46)(H,40,47)(H,42,48). The minimum absolute atomic E-state index is 0.0259. The van der Waals surface area contributed by atoms with Crippen LogP contribution in [0.15, 0.2) is 102 Å². The van der Waals surface area contributed by atoms with Crippen LogP contribution in [0.3, 0.4) is 0 Å². The number of rotatable bonds is 14. The maximum absolute atomic E-state index is 13.3. The number of thioether (sulfide) groups is 1. The number of aryl methyl sites for hydroxylation is 2. The van der Waals surface area contributed by atoms with Gasteiger partial charge in [-0.15, -0.1) is 11.8 Å². The third kappa shape index (κ3) is 10.3. The second-order valence-corrected chi connectivity index (χ2v) is 15.3. The van der Waals surface area contributed by atoms with E-state index < -0.39 is 21.8 Å². The van der Waals surface area contributed by atoms with Gasteiger partial charge >= 0.3 is 11.8 Å². The highest BCUT2D eigenvalue weighted by Crippen LogP contribution is 2.36. The summed E-state index contributed by atoms with van der Waals surface area (Å²) in [6.07, 6.45) is 0. The van der Waals surface area contributed by atoms with Gasteiger partial charge in [0.1, 0.15) is 0 Å². The number of likely N-dealkylation sites (N-methyl/N-ethyl adjacent to an activating group) is 2. The van der Waals surface area contributed by atoms with E-state index in [0.717, 1.165) is 35.3 Å². The highest BCUT2D eigenvalue weighted by molar-refractivity contribution is 8.00. The van der Waals surface area contributed by atoms with Crippen LogP contribution in [0.2, 0.25) is 0 Å². The summed E-state index contributed by atoms with van der Waals surface area (Å²) in [6, 6.07) is 28.6. The zero-order chi connectivity index (χ0) is 37.3. The number of hydrogen-bond donors (Lipinski definition) is 5. The first kappa shape index (κ1) is 38.3. The molecule has 1 saturated heterocycles. The number of nitrogens with one attached hydrogen (secondary N) is 5. The lowest BCUT2D eigenvalue weighted by Crippen LogP contribution is -2.47. The Morgan fingerprint density at radius 3 is 1.87 bits per heavy atom. The van der Waals surface area contributed by atoms with Crippen molar-refractivity contribution in [2.45, 2.75) is 43.9 Å². The molecule has 0 radical (unpaired) electrons. The third-order valence-electron chi connectivity index (χ3n) is 8.56. The Kier molecular flexibility index (Phi) is 12.9. The van der Waals surface area contributed by atoms with E-state index in [1.54, 1.807) is 24.3 Å². The molecule has 0 atom stereocenters. The molecule has 0 unspecified atom stereocenters. The average molecular weight is 744 g/mol. The normalized spacial score (nSPS) is 13.9. The number of carbonyl (C=O) groups excluding carboxylic acids is 3. The molecule has 4 aromatic carbocycles. The lowest BCUT2D eigenvalue weighted by Gasteiger charge is -2.24. The summed E-state index contributed by atoms with van der Waals surface area (Å²) < 4.78 is 29.1. The van der Waals surface area contributed by atoms with Crippen LogP contribution in [0.1, 0.15) is 41.4 Å². The predicted octanol–water partition coefficient (Wildman–Crippen LogP) is 5.07. The van der Waals surface area contributed by atoms with Crippen LogP contribution in [0.25, 0.3) is 0 Å². The van der Waals surface area contributed by atoms with Gasteiger partial charge in [0, 0.05) is 37.6 Å². The Morgan fingerprint density at radius 2 is 1.31 bits per heavy atom. The summed E-state index contributed by atoms with van der Waals surface area (Å²) in [7, 11) is -4.01. The second-order valence-electron chi connectivity index (χ2n) is 12.5. The number of hydrogen-bond acceptors (Lipinski definition) is 9. The Morgan fingerprint density at radius 1 is 0.750 bits per heavy atom. The molecule has 14 heteroatoms. The molecule has 0 aliphatic carbocycles. The topological polar surface area (TPSA) is 152 Å². The lowest BCUT2D eigenvalue weighted by molar-refractivity contribution is -0.139. The maximum atomic E-state index is 13.3. The van der Waals surface area contributed by atoms with Gasteiger partial charge in [-0.1, -0.05) is 79.6 Å². The number of carbonyl (C=O) groups is 3. The van der Waals surface area contributed by atoms with Gasteiger partial charge in [-0.25, -0.2) is 18.4 Å². The van der Waals surface area contributed by atoms with Crippen molar-refractivity contribution in [3.63, 3.8) is 0 Å². The second kappa shape index (κ2) is 17.6. The van der Waals surface area contributed by atoms with Crippen molar-refractivity contribution in [1.82, 2.24) is 20.8 Å². The minimum atomic E-state index is -4.01. The zero-order valence-electron chi connectivity index (χ0n) is 29.7. The van der Waals surface area contributed by atoms with Crippen molar-refractivity contribution in [3.8, 4) is 0 Å². The molecular formula is C38H45N7O5S2. The van der Waals surface area contributed by atoms with Crippen LogP contribution in [-0.4, -0.2) is 74.1 Å². The fourth-order valence-corrected chi connectivity index (χ4v) is 7.98. The van der Waals surface area contributed by atoms with E-state index >= 15 is 0 Å². The molecule has 1 fully saturated rings. The molecule has 52 heavy (non-hydrogen) atoms. The number of benzene rings is 4. The number of hydrazine groups is 2. The SMILES string of the molecule is CCN1CC(NC(=O)C(=O)NNc2ccc(NS(=O)(=O)c3cccc(NC(=O)CSC(c4ccc(C)cc4)c4ccc(C)cc4)c3)cc2)CN1CC. The van der Waals surface area contributed by atoms with Gasteiger partial charge in [0.05, 0.1) is 27.6 Å². The quantitative estimate of drug-likeness (QED) is 0.0882. The Bertz CT molecular complexity index is 1900. The predicted molar refractivity (Wildman–Crippen MR) is 207 cm³/mol. The van der Waals surface area contributed by atoms with E-state index in [1.807, 2.05) is 27.7 Å². The van der Waals surface area contributed by atoms with E-state index in [9.17, 15) is 22.8 Å². The number of sulfonamides is 1. The molecule has 12 nitrogen and oxygen atoms in total. The fraction of sp³-hybridized carbons (Fsp3) is 0.289. The number of anilines is 3. The largest absolute Gasteiger partial charge is 0.342 e. The van der Waals surface area contributed by atoms with E-state index in [-0.39, 0.29) is 33.5 Å². The van der Waals surface area contributed by atoms with Crippen molar-refractivity contribution in [2.75, 3.05) is 47.4 Å². The summed E-state index contributed by atoms with van der Waals surface area (Å²) in [5.74, 6) is -1.69. The van der Waals surface area contributed by atoms with Crippen molar-refractivity contribution in [1.29, 1.82) is 0 Å². The van der Waals surface area contributed by atoms with Gasteiger partial charge in [0.15, 0.2) is 0 Å². The van der Waals surface area contributed by atoms with E-state index in [2.05, 4.69) is 84.8 Å². The Hall–Kier alpha value is -4.89. The van der Waals surface area contributed by atoms with Crippen molar-refractivity contribution in [2.24, 2.45) is 0 Å². The average Bonchev–Trinajstić information content (AvgIpc) is 3.54. The van der Waals surface area contributed by atoms with Gasteiger partial charge < -0.3 is 10.6 Å².